The highest BCUT2D eigenvalue weighted by molar-refractivity contribution is 5.40. The molecule has 0 aliphatic rings. The number of anilines is 1. The number of rotatable bonds is 6. The van der Waals surface area contributed by atoms with E-state index in [1.165, 1.54) is 0 Å². The molecule has 1 atom stereocenters. The molecule has 4 heteroatoms. The minimum absolute atomic E-state index is 0.0306. The van der Waals surface area contributed by atoms with Gasteiger partial charge in [-0.15, -0.1) is 0 Å². The number of pyridine rings is 1. The van der Waals surface area contributed by atoms with Crippen LogP contribution < -0.4 is 10.6 Å². The van der Waals surface area contributed by atoms with Crippen molar-refractivity contribution < 1.29 is 4.74 Å². The quantitative estimate of drug-likeness (QED) is 0.821. The Hall–Kier alpha value is -1.13. The lowest BCUT2D eigenvalue weighted by Gasteiger charge is -2.27. The second kappa shape index (κ2) is 6.57. The highest BCUT2D eigenvalue weighted by Crippen LogP contribution is 2.16. The molecular weight excluding hydrogens is 214 g/mol. The molecule has 0 unspecified atom stereocenters. The van der Waals surface area contributed by atoms with E-state index in [0.29, 0.717) is 12.6 Å². The molecule has 1 aromatic heterocycles. The largest absolute Gasteiger partial charge is 0.383 e. The predicted octanol–water partition coefficient (Wildman–Crippen LogP) is 1.96. The van der Waals surface area contributed by atoms with Gasteiger partial charge in [-0.05, 0) is 32.4 Å². The van der Waals surface area contributed by atoms with Crippen LogP contribution in [0.15, 0.2) is 18.3 Å². The molecule has 2 N–H and O–H groups in total. The van der Waals surface area contributed by atoms with E-state index in [4.69, 9.17) is 10.5 Å². The molecule has 0 saturated carbocycles. The predicted molar refractivity (Wildman–Crippen MR) is 71.2 cm³/mol. The maximum absolute atomic E-state index is 5.81. The molecule has 1 rings (SSSR count). The van der Waals surface area contributed by atoms with E-state index in [9.17, 15) is 0 Å². The fourth-order valence-corrected chi connectivity index (χ4v) is 1.66. The molecule has 0 amide bonds. The summed E-state index contributed by atoms with van der Waals surface area (Å²) in [7, 11) is 1.71. The summed E-state index contributed by atoms with van der Waals surface area (Å²) >= 11 is 0. The zero-order valence-electron chi connectivity index (χ0n) is 11.2. The van der Waals surface area contributed by atoms with Gasteiger partial charge in [-0.2, -0.15) is 0 Å². The van der Waals surface area contributed by atoms with Crippen molar-refractivity contribution in [2.45, 2.75) is 32.9 Å². The lowest BCUT2D eigenvalue weighted by molar-refractivity contribution is 0.203. The van der Waals surface area contributed by atoms with Crippen molar-refractivity contribution >= 4 is 5.82 Å². The molecule has 1 heterocycles. The van der Waals surface area contributed by atoms with Crippen LogP contribution in [-0.2, 0) is 4.74 Å². The first-order valence-electron chi connectivity index (χ1n) is 6.03. The van der Waals surface area contributed by atoms with Crippen LogP contribution in [0.5, 0.6) is 0 Å². The van der Waals surface area contributed by atoms with Crippen molar-refractivity contribution in [1.82, 2.24) is 4.98 Å². The van der Waals surface area contributed by atoms with E-state index in [2.05, 4.69) is 23.7 Å². The van der Waals surface area contributed by atoms with Gasteiger partial charge in [0.25, 0.3) is 0 Å². The van der Waals surface area contributed by atoms with Gasteiger partial charge >= 0.3 is 0 Å². The summed E-state index contributed by atoms with van der Waals surface area (Å²) in [5.74, 6) is 0.974. The zero-order valence-corrected chi connectivity index (χ0v) is 11.2. The van der Waals surface area contributed by atoms with Crippen LogP contribution in [0, 0.1) is 0 Å². The lowest BCUT2D eigenvalue weighted by atomic mass is 10.1. The lowest BCUT2D eigenvalue weighted by Crippen LogP contribution is -2.34. The van der Waals surface area contributed by atoms with Crippen molar-refractivity contribution in [2.75, 3.05) is 25.2 Å². The van der Waals surface area contributed by atoms with Gasteiger partial charge in [0.1, 0.15) is 5.82 Å². The highest BCUT2D eigenvalue weighted by Gasteiger charge is 2.11. The second-order valence-corrected chi connectivity index (χ2v) is 4.52. The molecule has 0 spiro atoms. The first kappa shape index (κ1) is 13.9. The highest BCUT2D eigenvalue weighted by atomic mass is 16.5. The van der Waals surface area contributed by atoms with Crippen LogP contribution in [0.2, 0.25) is 0 Å². The van der Waals surface area contributed by atoms with E-state index in [1.807, 2.05) is 25.3 Å². The molecule has 0 fully saturated rings. The number of methoxy groups -OCH3 is 1. The van der Waals surface area contributed by atoms with Crippen LogP contribution in [0.25, 0.3) is 0 Å². The molecule has 0 aliphatic carbocycles. The summed E-state index contributed by atoms with van der Waals surface area (Å²) in [6, 6.07) is 4.49. The summed E-state index contributed by atoms with van der Waals surface area (Å²) in [5.41, 5.74) is 6.87. The van der Waals surface area contributed by atoms with Gasteiger partial charge in [-0.1, -0.05) is 6.07 Å². The summed E-state index contributed by atoms with van der Waals surface area (Å²) in [5, 5.41) is 0. The second-order valence-electron chi connectivity index (χ2n) is 4.52. The molecule has 17 heavy (non-hydrogen) atoms. The van der Waals surface area contributed by atoms with Crippen LogP contribution in [0.3, 0.4) is 0 Å². The SMILES string of the molecule is COCCN(c1ccc([C@@H](C)N)cn1)C(C)C. The molecule has 0 bridgehead atoms. The molecule has 4 nitrogen and oxygen atoms in total. The average Bonchev–Trinajstić information content (AvgIpc) is 2.29. The molecule has 0 saturated heterocycles. The maximum atomic E-state index is 5.81. The number of hydrogen-bond donors (Lipinski definition) is 1. The molecule has 1 aromatic rings. The van der Waals surface area contributed by atoms with Gasteiger partial charge in [-0.3, -0.25) is 0 Å². The summed E-state index contributed by atoms with van der Waals surface area (Å²) < 4.78 is 5.12. The van der Waals surface area contributed by atoms with Crippen LogP contribution in [0.4, 0.5) is 5.82 Å². The first-order chi connectivity index (χ1) is 8.06. The van der Waals surface area contributed by atoms with E-state index in [1.54, 1.807) is 7.11 Å². The van der Waals surface area contributed by atoms with Crippen molar-refractivity contribution in [3.05, 3.63) is 23.9 Å². The number of ether oxygens (including phenoxy) is 1. The van der Waals surface area contributed by atoms with Gasteiger partial charge < -0.3 is 15.4 Å². The molecule has 0 aromatic carbocycles. The van der Waals surface area contributed by atoms with Crippen molar-refractivity contribution in [1.29, 1.82) is 0 Å². The fraction of sp³-hybridized carbons (Fsp3) is 0.615. The van der Waals surface area contributed by atoms with E-state index in [-0.39, 0.29) is 6.04 Å². The Morgan fingerprint density at radius 1 is 1.35 bits per heavy atom. The maximum Gasteiger partial charge on any atom is 0.128 e. The molecular formula is C13H23N3O. The Labute approximate surface area is 104 Å². The smallest absolute Gasteiger partial charge is 0.128 e. The third-order valence-electron chi connectivity index (χ3n) is 2.75. The summed E-state index contributed by atoms with van der Waals surface area (Å²) in [4.78, 5) is 6.68. The number of nitrogens with zero attached hydrogens (tertiary/aromatic N) is 2. The molecule has 96 valence electrons. The zero-order chi connectivity index (χ0) is 12.8. The van der Waals surface area contributed by atoms with E-state index in [0.717, 1.165) is 17.9 Å². The minimum atomic E-state index is 0.0306. The van der Waals surface area contributed by atoms with Gasteiger partial charge in [0.2, 0.25) is 0 Å². The van der Waals surface area contributed by atoms with Gasteiger partial charge in [0, 0.05) is 31.9 Å². The third-order valence-corrected chi connectivity index (χ3v) is 2.75. The van der Waals surface area contributed by atoms with E-state index >= 15 is 0 Å². The number of nitrogens with two attached hydrogens (primary N) is 1. The Kier molecular flexibility index (Phi) is 5.38. The Morgan fingerprint density at radius 2 is 2.06 bits per heavy atom. The monoisotopic (exact) mass is 237 g/mol. The molecule has 0 aliphatic heterocycles. The van der Waals surface area contributed by atoms with Gasteiger partial charge in [0.05, 0.1) is 6.61 Å². The van der Waals surface area contributed by atoms with Crippen molar-refractivity contribution in [3.8, 4) is 0 Å². The number of hydrogen-bond acceptors (Lipinski definition) is 4. The van der Waals surface area contributed by atoms with E-state index < -0.39 is 0 Å². The fourth-order valence-electron chi connectivity index (χ4n) is 1.66. The first-order valence-corrected chi connectivity index (χ1v) is 6.03. The Balaban J connectivity index is 2.80. The van der Waals surface area contributed by atoms with Crippen LogP contribution in [-0.4, -0.2) is 31.3 Å². The Bertz CT molecular complexity index is 322. The average molecular weight is 237 g/mol. The van der Waals surface area contributed by atoms with Crippen LogP contribution in [0.1, 0.15) is 32.4 Å². The summed E-state index contributed by atoms with van der Waals surface area (Å²) in [6.45, 7) is 7.81. The third kappa shape index (κ3) is 3.98. The molecule has 0 radical (unpaired) electrons. The normalized spacial score (nSPS) is 12.8. The van der Waals surface area contributed by atoms with Crippen molar-refractivity contribution in [3.63, 3.8) is 0 Å². The minimum Gasteiger partial charge on any atom is -0.383 e. The van der Waals surface area contributed by atoms with Crippen LogP contribution >= 0.6 is 0 Å². The van der Waals surface area contributed by atoms with Crippen molar-refractivity contribution in [2.24, 2.45) is 5.73 Å². The standard InChI is InChI=1S/C13H23N3O/c1-10(2)16(7-8-17-4)13-6-5-12(9-15-13)11(3)14/h5-6,9-11H,7-8,14H2,1-4H3/t11-/m1/s1. The summed E-state index contributed by atoms with van der Waals surface area (Å²) in [6.07, 6.45) is 1.85. The Morgan fingerprint density at radius 3 is 2.47 bits per heavy atom. The van der Waals surface area contributed by atoms with Gasteiger partial charge in [0.15, 0.2) is 0 Å². The topological polar surface area (TPSA) is 51.4 Å². The number of aromatic nitrogens is 1. The van der Waals surface area contributed by atoms with Gasteiger partial charge in [-0.25, -0.2) is 4.98 Å².